The van der Waals surface area contributed by atoms with E-state index in [1.807, 2.05) is 36.4 Å². The predicted molar refractivity (Wildman–Crippen MR) is 125 cm³/mol. The van der Waals surface area contributed by atoms with Crippen LogP contribution in [0.2, 0.25) is 0 Å². The minimum atomic E-state index is -1.33. The number of likely N-dealkylation sites (tertiary alicyclic amines) is 1. The van der Waals surface area contributed by atoms with E-state index in [2.05, 4.69) is 17.4 Å². The lowest BCUT2D eigenvalue weighted by Gasteiger charge is -2.31. The molecule has 8 nitrogen and oxygen atoms in total. The van der Waals surface area contributed by atoms with Crippen molar-refractivity contribution < 1.29 is 29.0 Å². The molecule has 0 bridgehead atoms. The summed E-state index contributed by atoms with van der Waals surface area (Å²) in [7, 11) is 1.50. The van der Waals surface area contributed by atoms with Crippen molar-refractivity contribution in [1.29, 1.82) is 0 Å². The van der Waals surface area contributed by atoms with E-state index in [1.54, 1.807) is 6.92 Å². The van der Waals surface area contributed by atoms with E-state index in [9.17, 15) is 19.5 Å². The van der Waals surface area contributed by atoms with Gasteiger partial charge in [0.15, 0.2) is 0 Å². The van der Waals surface area contributed by atoms with Crippen molar-refractivity contribution in [2.24, 2.45) is 0 Å². The number of carboxylic acid groups (broad SMARTS) is 1. The number of fused-ring (bicyclic) bond motifs is 3. The number of carbonyl (C=O) groups is 3. The average molecular weight is 467 g/mol. The highest BCUT2D eigenvalue weighted by atomic mass is 16.5. The minimum Gasteiger partial charge on any atom is -0.480 e. The quantitative estimate of drug-likeness (QED) is 0.648. The molecular formula is C26H30N2O6. The van der Waals surface area contributed by atoms with Gasteiger partial charge in [-0.1, -0.05) is 48.5 Å². The average Bonchev–Trinajstić information content (AvgIpc) is 3.33. The maximum absolute atomic E-state index is 12.9. The summed E-state index contributed by atoms with van der Waals surface area (Å²) in [5.41, 5.74) is 3.20. The van der Waals surface area contributed by atoms with Crippen LogP contribution in [-0.4, -0.2) is 65.9 Å². The van der Waals surface area contributed by atoms with Gasteiger partial charge in [0.1, 0.15) is 12.1 Å². The molecule has 180 valence electrons. The van der Waals surface area contributed by atoms with Gasteiger partial charge in [0.2, 0.25) is 5.91 Å². The molecule has 0 saturated carbocycles. The Kier molecular flexibility index (Phi) is 6.61. The molecule has 2 unspecified atom stereocenters. The summed E-state index contributed by atoms with van der Waals surface area (Å²) in [5.74, 6) is -1.48. The third-order valence-corrected chi connectivity index (χ3v) is 6.89. The zero-order valence-electron chi connectivity index (χ0n) is 19.6. The molecule has 2 aromatic carbocycles. The Morgan fingerprint density at radius 2 is 1.71 bits per heavy atom. The second kappa shape index (κ2) is 9.46. The van der Waals surface area contributed by atoms with Gasteiger partial charge in [-0.3, -0.25) is 4.79 Å². The van der Waals surface area contributed by atoms with Crippen molar-refractivity contribution in [2.75, 3.05) is 20.3 Å². The predicted octanol–water partition coefficient (Wildman–Crippen LogP) is 3.39. The van der Waals surface area contributed by atoms with Crippen LogP contribution in [0.15, 0.2) is 48.5 Å². The number of hydrogen-bond donors (Lipinski definition) is 2. The highest BCUT2D eigenvalue weighted by Gasteiger charge is 2.50. The Hall–Kier alpha value is -3.39. The van der Waals surface area contributed by atoms with E-state index in [0.717, 1.165) is 22.3 Å². The summed E-state index contributed by atoms with van der Waals surface area (Å²) in [4.78, 5) is 38.5. The van der Waals surface area contributed by atoms with E-state index >= 15 is 0 Å². The van der Waals surface area contributed by atoms with Crippen LogP contribution in [0, 0.1) is 0 Å². The Morgan fingerprint density at radius 1 is 1.12 bits per heavy atom. The van der Waals surface area contributed by atoms with E-state index in [4.69, 9.17) is 9.47 Å². The van der Waals surface area contributed by atoms with Crippen LogP contribution in [0.1, 0.15) is 43.7 Å². The summed E-state index contributed by atoms with van der Waals surface area (Å²) >= 11 is 0. The number of aliphatic carboxylic acids is 1. The summed E-state index contributed by atoms with van der Waals surface area (Å²) in [6.45, 7) is 3.60. The standard InChI is InChI=1S/C26H30N2O6/c1-16(12-23(29)28-14-17(33-3)13-26(28,2)24(30)31)27-25(32)34-15-22-20-10-6-4-8-18(20)19-9-5-7-11-21(19)22/h4-11,16-17,22H,12-15H2,1-3H3,(H,27,32)(H,30,31)/t16-,17?,26?/m1/s1. The zero-order valence-corrected chi connectivity index (χ0v) is 19.6. The van der Waals surface area contributed by atoms with Crippen molar-refractivity contribution in [1.82, 2.24) is 10.2 Å². The van der Waals surface area contributed by atoms with Gasteiger partial charge in [0, 0.05) is 38.5 Å². The lowest BCUT2D eigenvalue weighted by Crippen LogP contribution is -2.52. The fraction of sp³-hybridized carbons (Fsp3) is 0.423. The molecule has 2 amide bonds. The fourth-order valence-electron chi connectivity index (χ4n) is 5.03. The van der Waals surface area contributed by atoms with Crippen LogP contribution in [0.5, 0.6) is 0 Å². The van der Waals surface area contributed by atoms with Crippen LogP contribution in [0.25, 0.3) is 11.1 Å². The summed E-state index contributed by atoms with van der Waals surface area (Å²) in [5, 5.41) is 12.4. The molecule has 1 aliphatic carbocycles. The Balaban J connectivity index is 1.34. The van der Waals surface area contributed by atoms with Crippen molar-refractivity contribution in [3.05, 3.63) is 59.7 Å². The van der Waals surface area contributed by atoms with Gasteiger partial charge < -0.3 is 24.8 Å². The highest BCUT2D eigenvalue weighted by Crippen LogP contribution is 2.44. The normalized spacial score (nSPS) is 22.1. The second-order valence-electron chi connectivity index (χ2n) is 9.22. The first-order chi connectivity index (χ1) is 16.2. The number of alkyl carbamates (subject to hydrolysis) is 1. The van der Waals surface area contributed by atoms with Gasteiger partial charge >= 0.3 is 12.1 Å². The number of carboxylic acids is 1. The van der Waals surface area contributed by atoms with Gasteiger partial charge in [-0.15, -0.1) is 0 Å². The van der Waals surface area contributed by atoms with E-state index in [1.165, 1.54) is 18.9 Å². The fourth-order valence-corrected chi connectivity index (χ4v) is 5.03. The number of methoxy groups -OCH3 is 1. The highest BCUT2D eigenvalue weighted by molar-refractivity contribution is 5.88. The first-order valence-corrected chi connectivity index (χ1v) is 11.4. The number of nitrogens with zero attached hydrogens (tertiary/aromatic N) is 1. The second-order valence-corrected chi connectivity index (χ2v) is 9.22. The maximum atomic E-state index is 12.9. The summed E-state index contributed by atoms with van der Waals surface area (Å²) < 4.78 is 10.8. The number of ether oxygens (including phenoxy) is 2. The molecule has 2 N–H and O–H groups in total. The number of benzene rings is 2. The first-order valence-electron chi connectivity index (χ1n) is 11.4. The molecule has 0 radical (unpaired) electrons. The number of carbonyl (C=O) groups excluding carboxylic acids is 2. The minimum absolute atomic E-state index is 0.0382. The molecule has 4 rings (SSSR count). The van der Waals surface area contributed by atoms with Crippen LogP contribution < -0.4 is 5.32 Å². The van der Waals surface area contributed by atoms with Crippen LogP contribution in [0.4, 0.5) is 4.79 Å². The Morgan fingerprint density at radius 3 is 2.26 bits per heavy atom. The molecular weight excluding hydrogens is 436 g/mol. The van der Waals surface area contributed by atoms with Crippen molar-refractivity contribution in [3.63, 3.8) is 0 Å². The maximum Gasteiger partial charge on any atom is 0.407 e. The van der Waals surface area contributed by atoms with E-state index in [-0.39, 0.29) is 43.9 Å². The lowest BCUT2D eigenvalue weighted by molar-refractivity contribution is -0.155. The summed E-state index contributed by atoms with van der Waals surface area (Å²) in [6.07, 6.45) is -0.766. The lowest BCUT2D eigenvalue weighted by atomic mass is 9.98. The molecule has 34 heavy (non-hydrogen) atoms. The van der Waals surface area contributed by atoms with E-state index in [0.29, 0.717) is 0 Å². The molecule has 1 heterocycles. The van der Waals surface area contributed by atoms with Crippen LogP contribution in [0.3, 0.4) is 0 Å². The van der Waals surface area contributed by atoms with Gasteiger partial charge in [-0.05, 0) is 36.1 Å². The SMILES string of the molecule is COC1CN(C(=O)C[C@@H](C)NC(=O)OCC2c3ccccc3-c3ccccc32)C(C)(C(=O)O)C1. The molecule has 1 fully saturated rings. The molecule has 8 heteroatoms. The van der Waals surface area contributed by atoms with Gasteiger partial charge in [-0.25, -0.2) is 9.59 Å². The third kappa shape index (κ3) is 4.37. The number of hydrogen-bond acceptors (Lipinski definition) is 5. The first kappa shape index (κ1) is 23.8. The van der Waals surface area contributed by atoms with Gasteiger partial charge in [-0.2, -0.15) is 0 Å². The Labute approximate surface area is 198 Å². The molecule has 1 saturated heterocycles. The monoisotopic (exact) mass is 466 g/mol. The largest absolute Gasteiger partial charge is 0.480 e. The third-order valence-electron chi connectivity index (χ3n) is 6.89. The smallest absolute Gasteiger partial charge is 0.407 e. The van der Waals surface area contributed by atoms with E-state index < -0.39 is 23.6 Å². The Bertz CT molecular complexity index is 1060. The molecule has 0 aromatic heterocycles. The topological polar surface area (TPSA) is 105 Å². The number of amides is 2. The number of nitrogens with one attached hydrogen (secondary N) is 1. The van der Waals surface area contributed by atoms with Crippen LogP contribution in [-0.2, 0) is 19.1 Å². The van der Waals surface area contributed by atoms with Crippen molar-refractivity contribution in [2.45, 2.75) is 50.3 Å². The zero-order chi connectivity index (χ0) is 24.5. The number of rotatable bonds is 7. The van der Waals surface area contributed by atoms with Crippen molar-refractivity contribution >= 4 is 18.0 Å². The van der Waals surface area contributed by atoms with Gasteiger partial charge in [0.25, 0.3) is 0 Å². The van der Waals surface area contributed by atoms with Crippen molar-refractivity contribution in [3.8, 4) is 11.1 Å². The van der Waals surface area contributed by atoms with Gasteiger partial charge in [0.05, 0.1) is 6.10 Å². The summed E-state index contributed by atoms with van der Waals surface area (Å²) in [6, 6.07) is 15.6. The molecule has 2 aromatic rings. The molecule has 3 atom stereocenters. The molecule has 1 aliphatic heterocycles. The van der Waals surface area contributed by atoms with Crippen LogP contribution >= 0.6 is 0 Å². The molecule has 2 aliphatic rings. The molecule has 0 spiro atoms.